The predicted molar refractivity (Wildman–Crippen MR) is 105 cm³/mol. The van der Waals surface area contributed by atoms with E-state index in [4.69, 9.17) is 4.74 Å². The molecular weight excluding hydrogens is 391 g/mol. The Morgan fingerprint density at radius 2 is 1.95 bits per heavy atom. The number of nitrogens with zero attached hydrogens (tertiary/aromatic N) is 2. The normalized spacial score (nSPS) is 11.6. The molecule has 0 amide bonds. The minimum absolute atomic E-state index is 0. The molecular formula is C16H29IN4O. The van der Waals surface area contributed by atoms with Crippen LogP contribution in [0.2, 0.25) is 0 Å². The zero-order valence-electron chi connectivity index (χ0n) is 14.4. The molecule has 0 spiro atoms. The lowest BCUT2D eigenvalue weighted by atomic mass is 10.1. The highest BCUT2D eigenvalue weighted by molar-refractivity contribution is 14.0. The number of guanidine groups is 1. The number of hydrogen-bond acceptors (Lipinski definition) is 3. The molecule has 6 heteroatoms. The van der Waals surface area contributed by atoms with Crippen LogP contribution in [-0.2, 0) is 11.3 Å². The van der Waals surface area contributed by atoms with E-state index in [0.717, 1.165) is 12.5 Å². The summed E-state index contributed by atoms with van der Waals surface area (Å²) < 4.78 is 5.39. The largest absolute Gasteiger partial charge is 0.378 e. The number of nitrogens with one attached hydrogen (secondary N) is 2. The highest BCUT2D eigenvalue weighted by Gasteiger charge is 2.16. The quantitative estimate of drug-likeness (QED) is 0.422. The van der Waals surface area contributed by atoms with E-state index in [1.165, 1.54) is 11.3 Å². The molecule has 0 aliphatic rings. The standard InChI is InChI=1S/C16H28N4O.HI/c1-16(2,21-6)12-19-15(17-3)18-11-13-8-7-9-14(10-13)20(4)5;/h7-10H,11-12H2,1-6H3,(H2,17,18,19);1H. The third kappa shape index (κ3) is 7.31. The molecule has 0 atom stereocenters. The van der Waals surface area contributed by atoms with Gasteiger partial charge in [-0.2, -0.15) is 0 Å². The van der Waals surface area contributed by atoms with Crippen molar-refractivity contribution in [2.24, 2.45) is 4.99 Å². The van der Waals surface area contributed by atoms with Gasteiger partial charge in [-0.1, -0.05) is 12.1 Å². The molecule has 0 heterocycles. The lowest BCUT2D eigenvalue weighted by molar-refractivity contribution is 0.0268. The fourth-order valence-electron chi connectivity index (χ4n) is 1.72. The van der Waals surface area contributed by atoms with Gasteiger partial charge in [0.25, 0.3) is 0 Å². The van der Waals surface area contributed by atoms with Crippen LogP contribution in [0.3, 0.4) is 0 Å². The van der Waals surface area contributed by atoms with Crippen LogP contribution in [0.4, 0.5) is 5.69 Å². The SMILES string of the molecule is CN=C(NCc1cccc(N(C)C)c1)NCC(C)(C)OC.I. The Morgan fingerprint density at radius 3 is 2.50 bits per heavy atom. The summed E-state index contributed by atoms with van der Waals surface area (Å²) in [6.45, 7) is 5.50. The van der Waals surface area contributed by atoms with Gasteiger partial charge < -0.3 is 20.3 Å². The molecule has 22 heavy (non-hydrogen) atoms. The second-order valence-corrected chi connectivity index (χ2v) is 5.81. The summed E-state index contributed by atoms with van der Waals surface area (Å²) in [4.78, 5) is 6.32. The number of hydrogen-bond donors (Lipinski definition) is 2. The molecule has 1 aromatic carbocycles. The minimum Gasteiger partial charge on any atom is -0.378 e. The highest BCUT2D eigenvalue weighted by Crippen LogP contribution is 2.13. The molecule has 0 radical (unpaired) electrons. The Labute approximate surface area is 151 Å². The van der Waals surface area contributed by atoms with E-state index < -0.39 is 0 Å². The van der Waals surface area contributed by atoms with Crippen molar-refractivity contribution in [2.75, 3.05) is 39.7 Å². The van der Waals surface area contributed by atoms with E-state index in [9.17, 15) is 0 Å². The van der Waals surface area contributed by atoms with Crippen LogP contribution in [0.25, 0.3) is 0 Å². The van der Waals surface area contributed by atoms with Crippen LogP contribution in [0.5, 0.6) is 0 Å². The van der Waals surface area contributed by atoms with Gasteiger partial charge in [-0.25, -0.2) is 0 Å². The van der Waals surface area contributed by atoms with E-state index in [1.807, 2.05) is 27.9 Å². The zero-order valence-corrected chi connectivity index (χ0v) is 16.8. The maximum Gasteiger partial charge on any atom is 0.191 e. The summed E-state index contributed by atoms with van der Waals surface area (Å²) in [5.74, 6) is 0.774. The monoisotopic (exact) mass is 420 g/mol. The first-order chi connectivity index (χ1) is 9.88. The van der Waals surface area contributed by atoms with E-state index in [0.29, 0.717) is 6.54 Å². The molecule has 0 bridgehead atoms. The third-order valence-corrected chi connectivity index (χ3v) is 3.34. The van der Waals surface area contributed by atoms with E-state index in [-0.39, 0.29) is 29.6 Å². The zero-order chi connectivity index (χ0) is 15.9. The van der Waals surface area contributed by atoms with Crippen molar-refractivity contribution in [3.63, 3.8) is 0 Å². The molecule has 1 rings (SSSR count). The fraction of sp³-hybridized carbons (Fsp3) is 0.562. The lowest BCUT2D eigenvalue weighted by Gasteiger charge is -2.24. The van der Waals surface area contributed by atoms with Crippen molar-refractivity contribution in [3.8, 4) is 0 Å². The maximum atomic E-state index is 5.39. The van der Waals surface area contributed by atoms with Crippen LogP contribution in [0.15, 0.2) is 29.3 Å². The van der Waals surface area contributed by atoms with E-state index >= 15 is 0 Å². The number of benzene rings is 1. The predicted octanol–water partition coefficient (Wildman–Crippen LogP) is 2.46. The second kappa shape index (κ2) is 9.89. The molecule has 126 valence electrons. The number of ether oxygens (including phenoxy) is 1. The van der Waals surface area contributed by atoms with Crippen molar-refractivity contribution in [3.05, 3.63) is 29.8 Å². The fourth-order valence-corrected chi connectivity index (χ4v) is 1.72. The van der Waals surface area contributed by atoms with E-state index in [2.05, 4.69) is 44.8 Å². The summed E-state index contributed by atoms with van der Waals surface area (Å²) >= 11 is 0. The van der Waals surface area contributed by atoms with Gasteiger partial charge >= 0.3 is 0 Å². The summed E-state index contributed by atoms with van der Waals surface area (Å²) in [5.41, 5.74) is 2.19. The summed E-state index contributed by atoms with van der Waals surface area (Å²) in [6, 6.07) is 8.43. The second-order valence-electron chi connectivity index (χ2n) is 5.81. The molecule has 0 fully saturated rings. The lowest BCUT2D eigenvalue weighted by Crippen LogP contribution is -2.45. The average molecular weight is 420 g/mol. The van der Waals surface area contributed by atoms with Gasteiger partial charge in [-0.05, 0) is 31.5 Å². The van der Waals surface area contributed by atoms with Gasteiger partial charge in [0.15, 0.2) is 5.96 Å². The van der Waals surface area contributed by atoms with Crippen molar-refractivity contribution in [1.82, 2.24) is 10.6 Å². The van der Waals surface area contributed by atoms with Crippen LogP contribution in [0.1, 0.15) is 19.4 Å². The van der Waals surface area contributed by atoms with Gasteiger partial charge in [-0.3, -0.25) is 4.99 Å². The molecule has 0 aliphatic heterocycles. The minimum atomic E-state index is -0.220. The molecule has 0 unspecified atom stereocenters. The number of rotatable bonds is 6. The third-order valence-electron chi connectivity index (χ3n) is 3.34. The number of halogens is 1. The molecule has 0 saturated carbocycles. The summed E-state index contributed by atoms with van der Waals surface area (Å²) in [5, 5.41) is 6.59. The van der Waals surface area contributed by atoms with Gasteiger partial charge in [-0.15, -0.1) is 24.0 Å². The first-order valence-electron chi connectivity index (χ1n) is 7.14. The molecule has 0 saturated heterocycles. The van der Waals surface area contributed by atoms with Crippen molar-refractivity contribution in [2.45, 2.75) is 26.0 Å². The Kier molecular flexibility index (Phi) is 9.43. The molecule has 5 nitrogen and oxygen atoms in total. The molecule has 1 aromatic rings. The van der Waals surface area contributed by atoms with E-state index in [1.54, 1.807) is 14.2 Å². The van der Waals surface area contributed by atoms with Crippen LogP contribution < -0.4 is 15.5 Å². The summed E-state index contributed by atoms with van der Waals surface area (Å²) in [6.07, 6.45) is 0. The maximum absolute atomic E-state index is 5.39. The average Bonchev–Trinajstić information content (AvgIpc) is 2.47. The number of aliphatic imine (C=N–C) groups is 1. The van der Waals surface area contributed by atoms with Gasteiger partial charge in [0.1, 0.15) is 0 Å². The first kappa shape index (κ1) is 21.0. The Bertz CT molecular complexity index is 475. The Balaban J connectivity index is 0.00000441. The number of anilines is 1. The molecule has 0 aliphatic carbocycles. The Morgan fingerprint density at radius 1 is 1.27 bits per heavy atom. The van der Waals surface area contributed by atoms with Crippen molar-refractivity contribution >= 4 is 35.6 Å². The van der Waals surface area contributed by atoms with Gasteiger partial charge in [0.2, 0.25) is 0 Å². The van der Waals surface area contributed by atoms with Gasteiger partial charge in [0.05, 0.1) is 5.60 Å². The first-order valence-corrected chi connectivity index (χ1v) is 7.14. The van der Waals surface area contributed by atoms with Crippen LogP contribution in [-0.4, -0.2) is 46.4 Å². The van der Waals surface area contributed by atoms with Crippen LogP contribution >= 0.6 is 24.0 Å². The molecule has 0 aromatic heterocycles. The summed E-state index contributed by atoms with van der Waals surface area (Å²) in [7, 11) is 7.57. The van der Waals surface area contributed by atoms with Crippen LogP contribution in [0, 0.1) is 0 Å². The highest BCUT2D eigenvalue weighted by atomic mass is 127. The Hall–Kier alpha value is -1.02. The van der Waals surface area contributed by atoms with Crippen molar-refractivity contribution < 1.29 is 4.74 Å². The molecule has 2 N–H and O–H groups in total. The number of methoxy groups -OCH3 is 1. The topological polar surface area (TPSA) is 48.9 Å². The van der Waals surface area contributed by atoms with Gasteiger partial charge in [0, 0.05) is 47.0 Å². The van der Waals surface area contributed by atoms with Crippen molar-refractivity contribution in [1.29, 1.82) is 0 Å². The smallest absolute Gasteiger partial charge is 0.191 e.